The van der Waals surface area contributed by atoms with Crippen LogP contribution in [0.3, 0.4) is 0 Å². The quantitative estimate of drug-likeness (QED) is 0.369. The minimum atomic E-state index is -0.996. The Morgan fingerprint density at radius 2 is 1.88 bits per heavy atom. The number of nitrogens with zero attached hydrogens (tertiary/aromatic N) is 1. The molecule has 9 nitrogen and oxygen atoms in total. The second-order valence-electron chi connectivity index (χ2n) is 8.97. The molecule has 1 aromatic rings. The van der Waals surface area contributed by atoms with Gasteiger partial charge in [0.1, 0.15) is 24.2 Å². The van der Waals surface area contributed by atoms with Gasteiger partial charge in [0.2, 0.25) is 11.8 Å². The highest BCUT2D eigenvalue weighted by Gasteiger charge is 2.43. The molecule has 1 saturated carbocycles. The predicted molar refractivity (Wildman–Crippen MR) is 126 cm³/mol. The first-order chi connectivity index (χ1) is 15.5. The van der Waals surface area contributed by atoms with Crippen LogP contribution in [-0.2, 0) is 23.9 Å². The lowest BCUT2D eigenvalue weighted by Crippen LogP contribution is -2.54. The van der Waals surface area contributed by atoms with Crippen LogP contribution in [0.25, 0.3) is 0 Å². The molecule has 1 aliphatic rings. The maximum Gasteiger partial charge on any atom is 0.408 e. The molecule has 0 radical (unpaired) electrons. The van der Waals surface area contributed by atoms with E-state index >= 15 is 0 Å². The number of nitrogens with one attached hydrogen (secondary N) is 2. The number of amides is 3. The first-order valence-electron chi connectivity index (χ1n) is 10.8. The van der Waals surface area contributed by atoms with Crippen LogP contribution in [0.15, 0.2) is 24.3 Å². The monoisotopic (exact) mass is 479 g/mol. The molecule has 1 aromatic carbocycles. The normalized spacial score (nSPS) is 15.1. The van der Waals surface area contributed by atoms with Crippen molar-refractivity contribution in [3.63, 3.8) is 0 Å². The average molecular weight is 480 g/mol. The molecule has 0 spiro atoms. The summed E-state index contributed by atoms with van der Waals surface area (Å²) in [6.45, 7) is 6.73. The molecule has 0 heterocycles. The van der Waals surface area contributed by atoms with Crippen LogP contribution < -0.4 is 10.6 Å². The highest BCUT2D eigenvalue weighted by atomic mass is 32.1. The number of benzene rings is 1. The van der Waals surface area contributed by atoms with Crippen molar-refractivity contribution in [1.29, 1.82) is 0 Å². The summed E-state index contributed by atoms with van der Waals surface area (Å²) in [5.41, 5.74) is 0.786. The summed E-state index contributed by atoms with van der Waals surface area (Å²) in [4.78, 5) is 52.2. The molecule has 0 aromatic heterocycles. The van der Waals surface area contributed by atoms with E-state index in [0.29, 0.717) is 5.56 Å². The lowest BCUT2D eigenvalue weighted by atomic mass is 10.0. The van der Waals surface area contributed by atoms with Gasteiger partial charge in [-0.2, -0.15) is 12.6 Å². The number of carbonyl (C=O) groups excluding carboxylic acids is 4. The Bertz CT molecular complexity index is 881. The summed E-state index contributed by atoms with van der Waals surface area (Å²) in [6.07, 6.45) is 0.710. The molecule has 2 unspecified atom stereocenters. The van der Waals surface area contributed by atoms with Gasteiger partial charge in [0.25, 0.3) is 0 Å². The fourth-order valence-electron chi connectivity index (χ4n) is 3.29. The molecule has 1 aliphatic carbocycles. The minimum Gasteiger partial charge on any atom is -0.468 e. The van der Waals surface area contributed by atoms with Crippen LogP contribution in [0.5, 0.6) is 0 Å². The molecule has 33 heavy (non-hydrogen) atoms. The zero-order valence-corrected chi connectivity index (χ0v) is 20.6. The molecule has 0 saturated heterocycles. The predicted octanol–water partition coefficient (Wildman–Crippen LogP) is 2.14. The van der Waals surface area contributed by atoms with Crippen molar-refractivity contribution in [2.75, 3.05) is 19.4 Å². The van der Waals surface area contributed by atoms with Crippen molar-refractivity contribution in [1.82, 2.24) is 15.5 Å². The van der Waals surface area contributed by atoms with E-state index in [1.165, 1.54) is 12.0 Å². The Labute approximate surface area is 200 Å². The average Bonchev–Trinajstić information content (AvgIpc) is 3.57. The number of rotatable bonds is 9. The number of esters is 1. The molecule has 0 aliphatic heterocycles. The van der Waals surface area contributed by atoms with Crippen LogP contribution in [0.1, 0.15) is 50.8 Å². The lowest BCUT2D eigenvalue weighted by Gasteiger charge is -2.34. The molecule has 2 N–H and O–H groups in total. The molecule has 1 fully saturated rings. The first-order valence-corrected chi connectivity index (χ1v) is 11.4. The van der Waals surface area contributed by atoms with Crippen LogP contribution in [0.4, 0.5) is 4.79 Å². The highest BCUT2D eigenvalue weighted by Crippen LogP contribution is 2.35. The Hall–Kier alpha value is -2.75. The van der Waals surface area contributed by atoms with Gasteiger partial charge in [0, 0.05) is 11.8 Å². The van der Waals surface area contributed by atoms with Crippen LogP contribution in [0, 0.1) is 6.92 Å². The summed E-state index contributed by atoms with van der Waals surface area (Å²) in [6, 6.07) is 5.11. The minimum absolute atomic E-state index is 0.0195. The zero-order valence-electron chi connectivity index (χ0n) is 19.7. The van der Waals surface area contributed by atoms with Gasteiger partial charge in [-0.05, 0) is 46.1 Å². The Morgan fingerprint density at radius 1 is 1.21 bits per heavy atom. The Morgan fingerprint density at radius 3 is 2.39 bits per heavy atom. The summed E-state index contributed by atoms with van der Waals surface area (Å²) in [7, 11) is 1.23. The molecule has 10 heteroatoms. The standard InChI is InChI=1S/C23H33N3O6S/c1-14-7-6-8-15(11-14)19(20(28)24-12-18(27)31-5)26(16-9-10-16)21(29)17(13-33)25-22(30)32-23(2,3)4/h6-8,11,16-17,19,33H,9-10,12-13H2,1-5H3,(H,24,28)(H,25,30). The fraction of sp³-hybridized carbons (Fsp3) is 0.565. The van der Waals surface area contributed by atoms with E-state index in [4.69, 9.17) is 4.74 Å². The van der Waals surface area contributed by atoms with Gasteiger partial charge in [-0.1, -0.05) is 29.8 Å². The molecule has 2 atom stereocenters. The van der Waals surface area contributed by atoms with E-state index < -0.39 is 41.6 Å². The topological polar surface area (TPSA) is 114 Å². The van der Waals surface area contributed by atoms with Crippen molar-refractivity contribution in [3.05, 3.63) is 35.4 Å². The SMILES string of the molecule is COC(=O)CNC(=O)C(c1cccc(C)c1)N(C(=O)C(CS)NC(=O)OC(C)(C)C)C1CC1. The number of hydrogen-bond acceptors (Lipinski definition) is 7. The lowest BCUT2D eigenvalue weighted by molar-refractivity contribution is -0.145. The molecule has 182 valence electrons. The van der Waals surface area contributed by atoms with E-state index in [-0.39, 0.29) is 18.3 Å². The third kappa shape index (κ3) is 7.96. The van der Waals surface area contributed by atoms with E-state index in [2.05, 4.69) is 28.0 Å². The smallest absolute Gasteiger partial charge is 0.408 e. The number of hydrogen-bond donors (Lipinski definition) is 3. The summed E-state index contributed by atoms with van der Waals surface area (Å²) in [5.74, 6) is -1.54. The second-order valence-corrected chi connectivity index (χ2v) is 9.33. The van der Waals surface area contributed by atoms with Crippen LogP contribution in [0.2, 0.25) is 0 Å². The Balaban J connectivity index is 2.35. The molecular weight excluding hydrogens is 446 g/mol. The van der Waals surface area contributed by atoms with E-state index in [1.807, 2.05) is 19.1 Å². The largest absolute Gasteiger partial charge is 0.468 e. The number of thiol groups is 1. The Kier molecular flexibility index (Phi) is 9.16. The van der Waals surface area contributed by atoms with E-state index in [0.717, 1.165) is 18.4 Å². The molecule has 0 bridgehead atoms. The van der Waals surface area contributed by atoms with Crippen LogP contribution in [-0.4, -0.2) is 65.9 Å². The highest BCUT2D eigenvalue weighted by molar-refractivity contribution is 7.80. The van der Waals surface area contributed by atoms with Gasteiger partial charge >= 0.3 is 12.1 Å². The van der Waals surface area contributed by atoms with Gasteiger partial charge in [0.05, 0.1) is 7.11 Å². The van der Waals surface area contributed by atoms with Gasteiger partial charge in [-0.25, -0.2) is 4.79 Å². The third-order valence-corrected chi connectivity index (χ3v) is 5.25. The second kappa shape index (κ2) is 11.4. The van der Waals surface area contributed by atoms with Gasteiger partial charge in [-0.3, -0.25) is 14.4 Å². The molecule has 3 amide bonds. The summed E-state index contributed by atoms with van der Waals surface area (Å²) >= 11 is 4.25. The van der Waals surface area contributed by atoms with Crippen molar-refractivity contribution >= 4 is 36.5 Å². The number of alkyl carbamates (subject to hydrolysis) is 1. The van der Waals surface area contributed by atoms with Crippen molar-refractivity contribution in [2.45, 2.75) is 64.3 Å². The van der Waals surface area contributed by atoms with Crippen molar-refractivity contribution in [3.8, 4) is 0 Å². The number of methoxy groups -OCH3 is 1. The van der Waals surface area contributed by atoms with Crippen molar-refractivity contribution in [2.24, 2.45) is 0 Å². The number of ether oxygens (including phenoxy) is 2. The van der Waals surface area contributed by atoms with Gasteiger partial charge < -0.3 is 25.0 Å². The maximum absolute atomic E-state index is 13.6. The molecular formula is C23H33N3O6S. The maximum atomic E-state index is 13.6. The van der Waals surface area contributed by atoms with Crippen molar-refractivity contribution < 1.29 is 28.7 Å². The number of carbonyl (C=O) groups is 4. The zero-order chi connectivity index (χ0) is 24.8. The van der Waals surface area contributed by atoms with Gasteiger partial charge in [0.15, 0.2) is 0 Å². The first kappa shape index (κ1) is 26.5. The fourth-order valence-corrected chi connectivity index (χ4v) is 3.54. The summed E-state index contributed by atoms with van der Waals surface area (Å²) < 4.78 is 9.88. The van der Waals surface area contributed by atoms with Crippen LogP contribution >= 0.6 is 12.6 Å². The number of aryl methyl sites for hydroxylation is 1. The molecule has 2 rings (SSSR count). The third-order valence-electron chi connectivity index (χ3n) is 4.89. The summed E-state index contributed by atoms with van der Waals surface area (Å²) in [5, 5.41) is 5.13. The van der Waals surface area contributed by atoms with Gasteiger partial charge in [-0.15, -0.1) is 0 Å². The van der Waals surface area contributed by atoms with E-state index in [1.54, 1.807) is 32.9 Å². The van der Waals surface area contributed by atoms with E-state index in [9.17, 15) is 19.2 Å².